The molecule has 0 radical (unpaired) electrons. The standard InChI is InChI=1S/C15H20BrN/c1-9-5-10(2)15(13(16)6-9)17-14-8-11-3-4-12(14)7-11/h5-6,11-12,14,17H,3-4,7-8H2,1-2H3. The molecule has 2 aliphatic rings. The van der Waals surface area contributed by atoms with Gasteiger partial charge in [-0.25, -0.2) is 0 Å². The van der Waals surface area contributed by atoms with Gasteiger partial charge < -0.3 is 5.32 Å². The van der Waals surface area contributed by atoms with Gasteiger partial charge in [-0.3, -0.25) is 0 Å². The van der Waals surface area contributed by atoms with Crippen molar-refractivity contribution in [1.82, 2.24) is 0 Å². The highest BCUT2D eigenvalue weighted by molar-refractivity contribution is 9.10. The van der Waals surface area contributed by atoms with Crippen molar-refractivity contribution in [2.24, 2.45) is 11.8 Å². The summed E-state index contributed by atoms with van der Waals surface area (Å²) < 4.78 is 1.22. The first-order valence-electron chi connectivity index (χ1n) is 6.67. The highest BCUT2D eigenvalue weighted by atomic mass is 79.9. The molecule has 17 heavy (non-hydrogen) atoms. The summed E-state index contributed by atoms with van der Waals surface area (Å²) in [6.07, 6.45) is 5.74. The van der Waals surface area contributed by atoms with Crippen LogP contribution in [-0.2, 0) is 0 Å². The number of hydrogen-bond acceptors (Lipinski definition) is 1. The van der Waals surface area contributed by atoms with Gasteiger partial charge in [-0.15, -0.1) is 0 Å². The van der Waals surface area contributed by atoms with Crippen molar-refractivity contribution in [2.75, 3.05) is 5.32 Å². The van der Waals surface area contributed by atoms with E-state index in [0.29, 0.717) is 6.04 Å². The van der Waals surface area contributed by atoms with Gasteiger partial charge in [0.25, 0.3) is 0 Å². The molecule has 0 aromatic heterocycles. The summed E-state index contributed by atoms with van der Waals surface area (Å²) in [5.41, 5.74) is 4.00. The van der Waals surface area contributed by atoms with E-state index >= 15 is 0 Å². The molecule has 92 valence electrons. The molecule has 0 aliphatic heterocycles. The molecule has 2 bridgehead atoms. The number of nitrogens with one attached hydrogen (secondary N) is 1. The second-order valence-electron chi connectivity index (χ2n) is 5.86. The fourth-order valence-corrected chi connectivity index (χ4v) is 4.49. The molecule has 0 saturated heterocycles. The Morgan fingerprint density at radius 3 is 2.59 bits per heavy atom. The van der Waals surface area contributed by atoms with Gasteiger partial charge in [-0.05, 0) is 78.1 Å². The van der Waals surface area contributed by atoms with Gasteiger partial charge >= 0.3 is 0 Å². The summed E-state index contributed by atoms with van der Waals surface area (Å²) in [6.45, 7) is 4.35. The lowest BCUT2D eigenvalue weighted by atomic mass is 9.95. The number of aryl methyl sites for hydroxylation is 2. The minimum Gasteiger partial charge on any atom is -0.381 e. The van der Waals surface area contributed by atoms with Gasteiger partial charge in [-0.1, -0.05) is 12.5 Å². The summed E-state index contributed by atoms with van der Waals surface area (Å²) in [6, 6.07) is 5.19. The second kappa shape index (κ2) is 4.31. The van der Waals surface area contributed by atoms with Crippen LogP contribution in [0.1, 0.15) is 36.8 Å². The normalized spacial score (nSPS) is 30.9. The summed E-state index contributed by atoms with van der Waals surface area (Å²) in [5.74, 6) is 1.93. The average molecular weight is 294 g/mol. The van der Waals surface area contributed by atoms with Gasteiger partial charge in [0.05, 0.1) is 5.69 Å². The van der Waals surface area contributed by atoms with Crippen LogP contribution in [0.3, 0.4) is 0 Å². The predicted octanol–water partition coefficient (Wildman–Crippen LogP) is 4.67. The maximum Gasteiger partial charge on any atom is 0.0516 e. The van der Waals surface area contributed by atoms with Crippen molar-refractivity contribution >= 4 is 21.6 Å². The fraction of sp³-hybridized carbons (Fsp3) is 0.600. The highest BCUT2D eigenvalue weighted by Gasteiger charge is 2.39. The van der Waals surface area contributed by atoms with Crippen molar-refractivity contribution in [3.8, 4) is 0 Å². The lowest BCUT2D eigenvalue weighted by molar-refractivity contribution is 0.439. The van der Waals surface area contributed by atoms with Crippen LogP contribution in [0.15, 0.2) is 16.6 Å². The van der Waals surface area contributed by atoms with E-state index in [9.17, 15) is 0 Å². The number of halogens is 1. The van der Waals surface area contributed by atoms with Crippen LogP contribution in [0, 0.1) is 25.7 Å². The number of fused-ring (bicyclic) bond motifs is 2. The molecule has 2 aliphatic carbocycles. The number of rotatable bonds is 2. The third-order valence-corrected chi connectivity index (χ3v) is 5.12. The molecular formula is C15H20BrN. The van der Waals surface area contributed by atoms with E-state index in [4.69, 9.17) is 0 Å². The molecule has 0 spiro atoms. The molecule has 0 amide bonds. The molecular weight excluding hydrogens is 274 g/mol. The Morgan fingerprint density at radius 1 is 1.18 bits per heavy atom. The Morgan fingerprint density at radius 2 is 2.00 bits per heavy atom. The molecule has 3 unspecified atom stereocenters. The van der Waals surface area contributed by atoms with Crippen LogP contribution in [0.4, 0.5) is 5.69 Å². The third-order valence-electron chi connectivity index (χ3n) is 4.50. The zero-order valence-corrected chi connectivity index (χ0v) is 12.2. The second-order valence-corrected chi connectivity index (χ2v) is 6.72. The summed E-state index contributed by atoms with van der Waals surface area (Å²) in [7, 11) is 0. The summed E-state index contributed by atoms with van der Waals surface area (Å²) in [4.78, 5) is 0. The van der Waals surface area contributed by atoms with Gasteiger partial charge in [-0.2, -0.15) is 0 Å². The van der Waals surface area contributed by atoms with Crippen molar-refractivity contribution in [3.63, 3.8) is 0 Å². The van der Waals surface area contributed by atoms with E-state index in [1.165, 1.54) is 47.0 Å². The monoisotopic (exact) mass is 293 g/mol. The van der Waals surface area contributed by atoms with E-state index in [-0.39, 0.29) is 0 Å². The van der Waals surface area contributed by atoms with E-state index in [2.05, 4.69) is 47.2 Å². The van der Waals surface area contributed by atoms with E-state index in [1.807, 2.05) is 0 Å². The first kappa shape index (κ1) is 11.6. The zero-order valence-electron chi connectivity index (χ0n) is 10.6. The number of benzene rings is 1. The SMILES string of the molecule is Cc1cc(C)c(NC2CC3CCC2C3)c(Br)c1. The van der Waals surface area contributed by atoms with Gasteiger partial charge in [0, 0.05) is 10.5 Å². The molecule has 0 heterocycles. The highest BCUT2D eigenvalue weighted by Crippen LogP contribution is 2.46. The molecule has 1 aromatic carbocycles. The lowest BCUT2D eigenvalue weighted by Gasteiger charge is -2.25. The van der Waals surface area contributed by atoms with Crippen molar-refractivity contribution < 1.29 is 0 Å². The van der Waals surface area contributed by atoms with Gasteiger partial charge in [0.1, 0.15) is 0 Å². The number of hydrogen-bond donors (Lipinski definition) is 1. The minimum absolute atomic E-state index is 0.714. The van der Waals surface area contributed by atoms with E-state index < -0.39 is 0 Å². The number of anilines is 1. The molecule has 1 aromatic rings. The Hall–Kier alpha value is -0.500. The van der Waals surface area contributed by atoms with Gasteiger partial charge in [0.15, 0.2) is 0 Å². The predicted molar refractivity (Wildman–Crippen MR) is 76.5 cm³/mol. The Bertz CT molecular complexity index is 418. The first-order valence-corrected chi connectivity index (χ1v) is 7.46. The first-order chi connectivity index (χ1) is 8.13. The van der Waals surface area contributed by atoms with E-state index in [1.54, 1.807) is 0 Å². The minimum atomic E-state index is 0.714. The van der Waals surface area contributed by atoms with Crippen LogP contribution >= 0.6 is 15.9 Å². The third kappa shape index (κ3) is 2.12. The van der Waals surface area contributed by atoms with Crippen LogP contribution < -0.4 is 5.32 Å². The maximum absolute atomic E-state index is 3.79. The quantitative estimate of drug-likeness (QED) is 0.836. The smallest absolute Gasteiger partial charge is 0.0516 e. The van der Waals surface area contributed by atoms with Crippen LogP contribution in [0.25, 0.3) is 0 Å². The van der Waals surface area contributed by atoms with E-state index in [0.717, 1.165) is 11.8 Å². The van der Waals surface area contributed by atoms with Crippen molar-refractivity contribution in [2.45, 2.75) is 45.6 Å². The fourth-order valence-electron chi connectivity index (χ4n) is 3.71. The summed E-state index contributed by atoms with van der Waals surface area (Å²) >= 11 is 3.70. The molecule has 1 N–H and O–H groups in total. The molecule has 3 atom stereocenters. The Labute approximate surface area is 112 Å². The summed E-state index contributed by atoms with van der Waals surface area (Å²) in [5, 5.41) is 3.79. The van der Waals surface area contributed by atoms with Crippen molar-refractivity contribution in [3.05, 3.63) is 27.7 Å². The van der Waals surface area contributed by atoms with Crippen LogP contribution in [0.2, 0.25) is 0 Å². The van der Waals surface area contributed by atoms with Crippen molar-refractivity contribution in [1.29, 1.82) is 0 Å². The molecule has 2 saturated carbocycles. The topological polar surface area (TPSA) is 12.0 Å². The molecule has 2 fully saturated rings. The average Bonchev–Trinajstić information content (AvgIpc) is 2.84. The Kier molecular flexibility index (Phi) is 2.94. The largest absolute Gasteiger partial charge is 0.381 e. The lowest BCUT2D eigenvalue weighted by Crippen LogP contribution is -2.26. The molecule has 3 rings (SSSR count). The maximum atomic E-state index is 3.79. The molecule has 1 nitrogen and oxygen atoms in total. The van der Waals surface area contributed by atoms with Gasteiger partial charge in [0.2, 0.25) is 0 Å². The van der Waals surface area contributed by atoms with Crippen LogP contribution in [-0.4, -0.2) is 6.04 Å². The molecule has 2 heteroatoms. The van der Waals surface area contributed by atoms with Crippen LogP contribution in [0.5, 0.6) is 0 Å². The zero-order chi connectivity index (χ0) is 12.0. The Balaban J connectivity index is 1.81.